The van der Waals surface area contributed by atoms with Crippen molar-refractivity contribution in [2.24, 2.45) is 0 Å². The van der Waals surface area contributed by atoms with Crippen LogP contribution in [0.15, 0.2) is 36.4 Å². The van der Waals surface area contributed by atoms with Crippen LogP contribution in [0.1, 0.15) is 35.8 Å². The molecule has 1 N–H and O–H groups in total. The van der Waals surface area contributed by atoms with Gasteiger partial charge in [-0.05, 0) is 43.7 Å². The molecule has 2 atom stereocenters. The van der Waals surface area contributed by atoms with E-state index in [-0.39, 0.29) is 0 Å². The van der Waals surface area contributed by atoms with Crippen LogP contribution in [-0.2, 0) is 9.53 Å². The first kappa shape index (κ1) is 20.1. The highest BCUT2D eigenvalue weighted by Gasteiger charge is 2.23. The Bertz CT molecular complexity index is 845. The average molecular weight is 402 g/mol. The zero-order valence-corrected chi connectivity index (χ0v) is 15.4. The molecule has 1 amide bonds. The molecule has 0 fully saturated rings. The van der Waals surface area contributed by atoms with E-state index in [1.165, 1.54) is 6.92 Å². The van der Waals surface area contributed by atoms with Crippen LogP contribution in [0.5, 0.6) is 0 Å². The predicted octanol–water partition coefficient (Wildman–Crippen LogP) is 4.69. The van der Waals surface area contributed by atoms with Crippen molar-refractivity contribution in [1.82, 2.24) is 5.32 Å². The average Bonchev–Trinajstić information content (AvgIpc) is 2.54. The molecule has 0 heterocycles. The highest BCUT2D eigenvalue weighted by atomic mass is 35.5. The van der Waals surface area contributed by atoms with E-state index in [1.54, 1.807) is 25.1 Å². The highest BCUT2D eigenvalue weighted by Crippen LogP contribution is 2.26. The summed E-state index contributed by atoms with van der Waals surface area (Å²) in [6, 6.07) is 6.80. The normalized spacial score (nSPS) is 13.0. The van der Waals surface area contributed by atoms with Gasteiger partial charge in [0, 0.05) is 16.1 Å². The summed E-state index contributed by atoms with van der Waals surface area (Å²) < 4.78 is 31.4. The number of halogens is 4. The van der Waals surface area contributed by atoms with Crippen LogP contribution < -0.4 is 5.32 Å². The van der Waals surface area contributed by atoms with Crippen LogP contribution in [0, 0.1) is 11.6 Å². The zero-order chi connectivity index (χ0) is 19.4. The van der Waals surface area contributed by atoms with Gasteiger partial charge in [0.15, 0.2) is 6.10 Å². The van der Waals surface area contributed by atoms with Gasteiger partial charge in [-0.3, -0.25) is 4.79 Å². The number of hydrogen-bond acceptors (Lipinski definition) is 3. The number of amides is 1. The Kier molecular flexibility index (Phi) is 6.56. The largest absolute Gasteiger partial charge is 0.449 e. The maximum Gasteiger partial charge on any atom is 0.341 e. The van der Waals surface area contributed by atoms with Gasteiger partial charge in [0.1, 0.15) is 11.6 Å². The number of carbonyl (C=O) groups is 2. The Hall–Kier alpha value is -2.18. The summed E-state index contributed by atoms with van der Waals surface area (Å²) in [5.41, 5.74) is 0.173. The van der Waals surface area contributed by atoms with E-state index in [0.29, 0.717) is 21.7 Å². The fraction of sp³-hybridized carbons (Fsp3) is 0.222. The standard InChI is InChI=1S/C18H15Cl2F2NO3/c1-9(13-5-3-11(19)7-15(13)20)23-17(24)10(2)26-18(25)14-6-4-12(21)8-16(14)22/h3-10H,1-2H3,(H,23,24)/t9-,10+/m0/s1. The lowest BCUT2D eigenvalue weighted by Crippen LogP contribution is -2.37. The lowest BCUT2D eigenvalue weighted by molar-refractivity contribution is -0.129. The second-order valence-electron chi connectivity index (χ2n) is 5.57. The SMILES string of the molecule is C[C@H](NC(=O)[C@@H](C)OC(=O)c1ccc(F)cc1F)c1ccc(Cl)cc1Cl. The molecule has 2 rings (SSSR count). The molecular formula is C18H15Cl2F2NO3. The molecule has 2 aromatic carbocycles. The maximum absolute atomic E-state index is 13.6. The third-order valence-corrected chi connectivity index (χ3v) is 4.15. The number of nitrogens with one attached hydrogen (secondary N) is 1. The van der Waals surface area contributed by atoms with Gasteiger partial charge in [-0.15, -0.1) is 0 Å². The molecule has 0 unspecified atom stereocenters. The summed E-state index contributed by atoms with van der Waals surface area (Å²) in [5.74, 6) is -3.55. The van der Waals surface area contributed by atoms with E-state index >= 15 is 0 Å². The fourth-order valence-electron chi connectivity index (χ4n) is 2.19. The summed E-state index contributed by atoms with van der Waals surface area (Å²) >= 11 is 11.9. The van der Waals surface area contributed by atoms with E-state index < -0.39 is 41.2 Å². The van der Waals surface area contributed by atoms with Crippen molar-refractivity contribution in [3.8, 4) is 0 Å². The first-order chi connectivity index (χ1) is 12.2. The van der Waals surface area contributed by atoms with E-state index in [1.807, 2.05) is 0 Å². The topological polar surface area (TPSA) is 55.4 Å². The molecule has 0 aliphatic rings. The van der Waals surface area contributed by atoms with Crippen LogP contribution in [-0.4, -0.2) is 18.0 Å². The first-order valence-corrected chi connectivity index (χ1v) is 8.36. The first-order valence-electron chi connectivity index (χ1n) is 7.60. The van der Waals surface area contributed by atoms with E-state index in [2.05, 4.69) is 5.32 Å². The quantitative estimate of drug-likeness (QED) is 0.739. The van der Waals surface area contributed by atoms with Crippen molar-refractivity contribution >= 4 is 35.1 Å². The molecule has 2 aromatic rings. The van der Waals surface area contributed by atoms with Gasteiger partial charge in [0.25, 0.3) is 5.91 Å². The van der Waals surface area contributed by atoms with Crippen LogP contribution in [0.4, 0.5) is 8.78 Å². The van der Waals surface area contributed by atoms with Crippen molar-refractivity contribution in [2.75, 3.05) is 0 Å². The molecule has 0 bridgehead atoms. The molecule has 8 heteroatoms. The van der Waals surface area contributed by atoms with E-state index in [9.17, 15) is 18.4 Å². The molecule has 4 nitrogen and oxygen atoms in total. The van der Waals surface area contributed by atoms with Crippen molar-refractivity contribution in [2.45, 2.75) is 26.0 Å². The molecule has 0 aromatic heterocycles. The molecule has 26 heavy (non-hydrogen) atoms. The van der Waals surface area contributed by atoms with Crippen molar-refractivity contribution in [3.63, 3.8) is 0 Å². The third-order valence-electron chi connectivity index (χ3n) is 3.59. The lowest BCUT2D eigenvalue weighted by Gasteiger charge is -2.19. The van der Waals surface area contributed by atoms with Crippen molar-refractivity contribution in [3.05, 3.63) is 69.2 Å². The summed E-state index contributed by atoms with van der Waals surface area (Å²) in [5, 5.41) is 3.48. The summed E-state index contributed by atoms with van der Waals surface area (Å²) in [4.78, 5) is 24.1. The second-order valence-corrected chi connectivity index (χ2v) is 6.41. The minimum Gasteiger partial charge on any atom is -0.449 e. The Labute approximate surface area is 159 Å². The van der Waals surface area contributed by atoms with Gasteiger partial charge in [-0.2, -0.15) is 0 Å². The fourth-order valence-corrected chi connectivity index (χ4v) is 2.77. The Morgan fingerprint density at radius 3 is 2.38 bits per heavy atom. The van der Waals surface area contributed by atoms with E-state index in [4.69, 9.17) is 27.9 Å². The number of rotatable bonds is 5. The zero-order valence-electron chi connectivity index (χ0n) is 13.9. The van der Waals surface area contributed by atoms with E-state index in [0.717, 1.165) is 12.1 Å². The highest BCUT2D eigenvalue weighted by molar-refractivity contribution is 6.35. The van der Waals surface area contributed by atoms with Gasteiger partial charge in [-0.25, -0.2) is 13.6 Å². The predicted molar refractivity (Wildman–Crippen MR) is 94.3 cm³/mol. The molecular weight excluding hydrogens is 387 g/mol. The number of esters is 1. The van der Waals surface area contributed by atoms with Crippen molar-refractivity contribution in [1.29, 1.82) is 0 Å². The Morgan fingerprint density at radius 2 is 1.77 bits per heavy atom. The summed E-state index contributed by atoms with van der Waals surface area (Å²) in [6.07, 6.45) is -1.19. The molecule has 0 aliphatic heterocycles. The third kappa shape index (κ3) is 4.93. The minimum atomic E-state index is -1.19. The maximum atomic E-state index is 13.6. The summed E-state index contributed by atoms with van der Waals surface area (Å²) in [6.45, 7) is 3.03. The number of hydrogen-bond donors (Lipinski definition) is 1. The number of benzene rings is 2. The van der Waals surface area contributed by atoms with Crippen LogP contribution in [0.3, 0.4) is 0 Å². The van der Waals surface area contributed by atoms with Gasteiger partial charge < -0.3 is 10.1 Å². The number of carbonyl (C=O) groups excluding carboxylic acids is 2. The lowest BCUT2D eigenvalue weighted by atomic mass is 10.1. The van der Waals surface area contributed by atoms with Gasteiger partial charge in [0.05, 0.1) is 11.6 Å². The van der Waals surface area contributed by atoms with Gasteiger partial charge in [-0.1, -0.05) is 29.3 Å². The van der Waals surface area contributed by atoms with Crippen molar-refractivity contribution < 1.29 is 23.1 Å². The molecule has 0 aliphatic carbocycles. The Balaban J connectivity index is 2.01. The smallest absolute Gasteiger partial charge is 0.341 e. The molecule has 0 spiro atoms. The molecule has 138 valence electrons. The van der Waals surface area contributed by atoms with Gasteiger partial charge >= 0.3 is 5.97 Å². The minimum absolute atomic E-state index is 0.378. The van der Waals surface area contributed by atoms with Crippen LogP contribution in [0.2, 0.25) is 10.0 Å². The second kappa shape index (κ2) is 8.47. The van der Waals surface area contributed by atoms with Crippen LogP contribution >= 0.6 is 23.2 Å². The molecule has 0 saturated heterocycles. The van der Waals surface area contributed by atoms with Crippen LogP contribution in [0.25, 0.3) is 0 Å². The molecule has 0 saturated carbocycles. The Morgan fingerprint density at radius 1 is 1.08 bits per heavy atom. The number of ether oxygens (including phenoxy) is 1. The molecule has 0 radical (unpaired) electrons. The summed E-state index contributed by atoms with van der Waals surface area (Å²) in [7, 11) is 0. The van der Waals surface area contributed by atoms with Gasteiger partial charge in [0.2, 0.25) is 0 Å². The monoisotopic (exact) mass is 401 g/mol.